The summed E-state index contributed by atoms with van der Waals surface area (Å²) in [6.07, 6.45) is 2.14. The van der Waals surface area contributed by atoms with E-state index in [-0.39, 0.29) is 17.4 Å². The molecule has 1 N–H and O–H groups in total. The van der Waals surface area contributed by atoms with E-state index in [2.05, 4.69) is 10.4 Å². The number of aromatic nitrogens is 3. The summed E-state index contributed by atoms with van der Waals surface area (Å²) in [6.45, 7) is 6.67. The third-order valence-electron chi connectivity index (χ3n) is 4.56. The van der Waals surface area contributed by atoms with Gasteiger partial charge in [0.25, 0.3) is 0 Å². The van der Waals surface area contributed by atoms with Gasteiger partial charge in [0.15, 0.2) is 0 Å². The molecule has 1 atom stereocenters. The molecule has 1 aliphatic rings. The van der Waals surface area contributed by atoms with Gasteiger partial charge in [0.05, 0.1) is 6.54 Å². The summed E-state index contributed by atoms with van der Waals surface area (Å²) in [4.78, 5) is 12.6. The van der Waals surface area contributed by atoms with Crippen LogP contribution in [-0.2, 0) is 13.1 Å². The number of benzene rings is 1. The monoisotopic (exact) mass is 318 g/mol. The van der Waals surface area contributed by atoms with Gasteiger partial charge in [-0.2, -0.15) is 5.10 Å². The Bertz CT molecular complexity index is 744. The second-order valence-corrected chi connectivity index (χ2v) is 6.16. The fourth-order valence-corrected chi connectivity index (χ4v) is 3.20. The molecule has 2 aromatic rings. The minimum atomic E-state index is -0.287. The first-order chi connectivity index (χ1) is 11.1. The zero-order valence-electron chi connectivity index (χ0n) is 13.7. The zero-order valence-corrected chi connectivity index (χ0v) is 13.7. The molecule has 1 aromatic carbocycles. The van der Waals surface area contributed by atoms with Crippen LogP contribution in [0.15, 0.2) is 23.0 Å². The van der Waals surface area contributed by atoms with Gasteiger partial charge in [-0.15, -0.1) is 0 Å². The van der Waals surface area contributed by atoms with E-state index in [1.807, 2.05) is 13.8 Å². The number of rotatable bonds is 4. The molecule has 0 radical (unpaired) electrons. The van der Waals surface area contributed by atoms with Crippen molar-refractivity contribution in [3.05, 3.63) is 51.5 Å². The molecule has 0 aliphatic carbocycles. The average Bonchev–Trinajstić information content (AvgIpc) is 2.88. The second kappa shape index (κ2) is 6.66. The van der Waals surface area contributed by atoms with Crippen molar-refractivity contribution in [2.75, 3.05) is 13.1 Å². The van der Waals surface area contributed by atoms with Gasteiger partial charge >= 0.3 is 5.69 Å². The molecule has 0 amide bonds. The van der Waals surface area contributed by atoms with E-state index in [9.17, 15) is 9.18 Å². The molecule has 1 aromatic heterocycles. The smallest absolute Gasteiger partial charge is 0.316 e. The van der Waals surface area contributed by atoms with Gasteiger partial charge in [0.2, 0.25) is 0 Å². The largest absolute Gasteiger partial charge is 0.346 e. The topological polar surface area (TPSA) is 51.9 Å². The predicted molar refractivity (Wildman–Crippen MR) is 87.2 cm³/mol. The van der Waals surface area contributed by atoms with Crippen LogP contribution < -0.4 is 11.0 Å². The van der Waals surface area contributed by atoms with Crippen LogP contribution in [0.5, 0.6) is 0 Å². The normalized spacial score (nSPS) is 18.3. The van der Waals surface area contributed by atoms with Crippen molar-refractivity contribution in [3.63, 3.8) is 0 Å². The lowest BCUT2D eigenvalue weighted by atomic mass is 9.99. The molecule has 5 nitrogen and oxygen atoms in total. The summed E-state index contributed by atoms with van der Waals surface area (Å²) in [5.41, 5.74) is 1.64. The molecule has 2 heterocycles. The minimum Gasteiger partial charge on any atom is -0.316 e. The van der Waals surface area contributed by atoms with E-state index in [1.165, 1.54) is 16.8 Å². The van der Waals surface area contributed by atoms with Gasteiger partial charge in [-0.25, -0.2) is 13.9 Å². The maximum atomic E-state index is 13.5. The van der Waals surface area contributed by atoms with Crippen LogP contribution in [0.1, 0.15) is 42.6 Å². The molecule has 1 aliphatic heterocycles. The molecule has 124 valence electrons. The molecular formula is C17H23FN4O. The average molecular weight is 318 g/mol. The number of nitrogens with one attached hydrogen (secondary N) is 1. The molecule has 3 rings (SSSR count). The van der Waals surface area contributed by atoms with Gasteiger partial charge < -0.3 is 5.32 Å². The van der Waals surface area contributed by atoms with E-state index in [0.717, 1.165) is 42.9 Å². The molecule has 0 unspecified atom stereocenters. The van der Waals surface area contributed by atoms with Crippen molar-refractivity contribution in [1.82, 2.24) is 19.7 Å². The Balaban J connectivity index is 1.95. The van der Waals surface area contributed by atoms with E-state index in [4.69, 9.17) is 0 Å². The van der Waals surface area contributed by atoms with Crippen LogP contribution >= 0.6 is 0 Å². The van der Waals surface area contributed by atoms with E-state index in [0.29, 0.717) is 13.1 Å². The maximum Gasteiger partial charge on any atom is 0.346 e. The third-order valence-corrected chi connectivity index (χ3v) is 4.56. The lowest BCUT2D eigenvalue weighted by molar-refractivity contribution is 0.431. The zero-order chi connectivity index (χ0) is 16.4. The lowest BCUT2D eigenvalue weighted by Crippen LogP contribution is -2.31. The van der Waals surface area contributed by atoms with E-state index >= 15 is 0 Å². The van der Waals surface area contributed by atoms with E-state index < -0.39 is 0 Å². The Labute approximate surface area is 135 Å². The third kappa shape index (κ3) is 3.22. The highest BCUT2D eigenvalue weighted by molar-refractivity contribution is 5.26. The molecule has 1 fully saturated rings. The minimum absolute atomic E-state index is 0.114. The van der Waals surface area contributed by atoms with E-state index in [1.54, 1.807) is 10.6 Å². The van der Waals surface area contributed by atoms with Crippen molar-refractivity contribution in [2.45, 2.75) is 45.7 Å². The summed E-state index contributed by atoms with van der Waals surface area (Å²) in [5.74, 6) is 0.829. The van der Waals surface area contributed by atoms with Gasteiger partial charge in [0, 0.05) is 19.0 Å². The van der Waals surface area contributed by atoms with Gasteiger partial charge in [-0.05, 0) is 56.5 Å². The molecule has 23 heavy (non-hydrogen) atoms. The van der Waals surface area contributed by atoms with Crippen molar-refractivity contribution < 1.29 is 4.39 Å². The highest BCUT2D eigenvalue weighted by Crippen LogP contribution is 2.21. The van der Waals surface area contributed by atoms with Crippen LogP contribution in [0.3, 0.4) is 0 Å². The van der Waals surface area contributed by atoms with Crippen LogP contribution in [0, 0.1) is 12.7 Å². The standard InChI is InChI=1S/C17H23FN4O/c1-3-21-16(13-5-4-8-19-10-13)20-22(17(21)23)11-14-9-15(18)7-6-12(14)2/h6-7,9,13,19H,3-5,8,10-11H2,1-2H3/t13-/m0/s1. The summed E-state index contributed by atoms with van der Waals surface area (Å²) < 4.78 is 16.7. The first kappa shape index (κ1) is 15.9. The second-order valence-electron chi connectivity index (χ2n) is 6.16. The Morgan fingerprint density at radius 1 is 1.43 bits per heavy atom. The summed E-state index contributed by atoms with van der Waals surface area (Å²) in [7, 11) is 0. The number of halogens is 1. The first-order valence-corrected chi connectivity index (χ1v) is 8.23. The molecule has 1 saturated heterocycles. The molecular weight excluding hydrogens is 295 g/mol. The molecule has 0 saturated carbocycles. The Morgan fingerprint density at radius 3 is 2.96 bits per heavy atom. The van der Waals surface area contributed by atoms with Crippen molar-refractivity contribution in [1.29, 1.82) is 0 Å². The summed E-state index contributed by atoms with van der Waals surface area (Å²) in [6, 6.07) is 4.65. The Morgan fingerprint density at radius 2 is 2.26 bits per heavy atom. The summed E-state index contributed by atoms with van der Waals surface area (Å²) in [5, 5.41) is 7.94. The van der Waals surface area contributed by atoms with Crippen molar-refractivity contribution in [2.24, 2.45) is 0 Å². The SMILES string of the molecule is CCn1c([C@H]2CCCNC2)nn(Cc2cc(F)ccc2C)c1=O. The first-order valence-electron chi connectivity index (χ1n) is 8.23. The van der Waals surface area contributed by atoms with Crippen molar-refractivity contribution in [3.8, 4) is 0 Å². The number of hydrogen-bond acceptors (Lipinski definition) is 3. The number of aryl methyl sites for hydroxylation is 1. The van der Waals surface area contributed by atoms with Crippen LogP contribution in [0.2, 0.25) is 0 Å². The molecule has 6 heteroatoms. The molecule has 0 spiro atoms. The Hall–Kier alpha value is -1.95. The number of nitrogens with zero attached hydrogens (tertiary/aromatic N) is 3. The molecule has 0 bridgehead atoms. The number of hydrogen-bond donors (Lipinski definition) is 1. The summed E-state index contributed by atoms with van der Waals surface area (Å²) >= 11 is 0. The fourth-order valence-electron chi connectivity index (χ4n) is 3.20. The van der Waals surface area contributed by atoms with Gasteiger partial charge in [-0.3, -0.25) is 4.57 Å². The Kier molecular flexibility index (Phi) is 4.61. The van der Waals surface area contributed by atoms with Crippen molar-refractivity contribution >= 4 is 0 Å². The maximum absolute atomic E-state index is 13.5. The predicted octanol–water partition coefficient (Wildman–Crippen LogP) is 2.03. The fraction of sp³-hybridized carbons (Fsp3) is 0.529. The van der Waals surface area contributed by atoms with Crippen LogP contribution in [-0.4, -0.2) is 27.4 Å². The number of piperidine rings is 1. The van der Waals surface area contributed by atoms with Crippen LogP contribution in [0.4, 0.5) is 4.39 Å². The van der Waals surface area contributed by atoms with Gasteiger partial charge in [-0.1, -0.05) is 6.07 Å². The highest BCUT2D eigenvalue weighted by Gasteiger charge is 2.23. The quantitative estimate of drug-likeness (QED) is 0.938. The van der Waals surface area contributed by atoms with Gasteiger partial charge in [0.1, 0.15) is 11.6 Å². The highest BCUT2D eigenvalue weighted by atomic mass is 19.1. The lowest BCUT2D eigenvalue weighted by Gasteiger charge is -2.21. The van der Waals surface area contributed by atoms with Crippen LogP contribution in [0.25, 0.3) is 0 Å².